The van der Waals surface area contributed by atoms with Gasteiger partial charge in [-0.25, -0.2) is 0 Å². The number of ether oxygens (including phenoxy) is 1. The summed E-state index contributed by atoms with van der Waals surface area (Å²) in [5, 5.41) is 5.21. The van der Waals surface area contributed by atoms with Crippen molar-refractivity contribution >= 4 is 34.6 Å². The number of benzene rings is 2. The molecule has 2 aromatic rings. The van der Waals surface area contributed by atoms with Crippen molar-refractivity contribution in [3.05, 3.63) is 59.2 Å². The third kappa shape index (κ3) is 5.48. The number of morpholine rings is 1. The topological polar surface area (TPSA) is 53.6 Å². The highest BCUT2D eigenvalue weighted by Crippen LogP contribution is 2.35. The Labute approximate surface area is 178 Å². The van der Waals surface area contributed by atoms with Gasteiger partial charge < -0.3 is 15.0 Å². The average molecular weight is 437 g/mol. The molecule has 0 aliphatic carbocycles. The molecule has 0 atom stereocenters. The Balaban J connectivity index is 1.78. The Morgan fingerprint density at radius 2 is 1.80 bits per heavy atom. The third-order valence-electron chi connectivity index (χ3n) is 4.78. The lowest BCUT2D eigenvalue weighted by molar-refractivity contribution is -0.137. The van der Waals surface area contributed by atoms with E-state index in [-0.39, 0.29) is 10.8 Å². The molecule has 3 rings (SSSR count). The smallest absolute Gasteiger partial charge is 0.378 e. The molecule has 5 nitrogen and oxygen atoms in total. The molecule has 0 unspecified atom stereocenters. The van der Waals surface area contributed by atoms with E-state index >= 15 is 0 Å². The van der Waals surface area contributed by atoms with Crippen molar-refractivity contribution in [1.29, 1.82) is 0 Å². The van der Waals surface area contributed by atoms with Gasteiger partial charge in [0.1, 0.15) is 0 Å². The molecule has 160 valence electrons. The maximum absolute atomic E-state index is 13.2. The Morgan fingerprint density at radius 1 is 1.13 bits per heavy atom. The molecule has 0 aromatic heterocycles. The Morgan fingerprint density at radius 3 is 2.40 bits per heavy atom. The van der Waals surface area contributed by atoms with E-state index in [0.29, 0.717) is 37.6 Å². The number of rotatable bonds is 4. The predicted molar refractivity (Wildman–Crippen MR) is 114 cm³/mol. The zero-order valence-electron chi connectivity index (χ0n) is 16.4. The molecule has 1 aliphatic heterocycles. The number of nitrogens with one attached hydrogen (secondary N) is 2. The number of hydrogen-bond acceptors (Lipinski definition) is 4. The number of alkyl halides is 3. The highest BCUT2D eigenvalue weighted by Gasteiger charge is 2.31. The summed E-state index contributed by atoms with van der Waals surface area (Å²) in [7, 11) is 0. The van der Waals surface area contributed by atoms with Crippen molar-refractivity contribution < 1.29 is 22.7 Å². The van der Waals surface area contributed by atoms with Crippen LogP contribution in [0, 0.1) is 0 Å². The van der Waals surface area contributed by atoms with Gasteiger partial charge >= 0.3 is 6.18 Å². The fraction of sp³-hybridized carbons (Fsp3) is 0.333. The van der Waals surface area contributed by atoms with Crippen LogP contribution in [0.4, 0.5) is 24.5 Å². The van der Waals surface area contributed by atoms with Crippen molar-refractivity contribution in [2.24, 2.45) is 0 Å². The standard InChI is InChI=1S/C21H22F3N3O2S/c1-2-14-3-5-15(6-4-14)19(28)26-20(30)25-17-13-16(21(22,23)24)7-8-18(17)27-9-11-29-12-10-27/h3-8,13H,2,9-12H2,1H3,(H2,25,26,28,30). The summed E-state index contributed by atoms with van der Waals surface area (Å²) in [5.74, 6) is -0.435. The number of nitrogens with zero attached hydrogens (tertiary/aromatic N) is 1. The van der Waals surface area contributed by atoms with Gasteiger partial charge in [-0.15, -0.1) is 0 Å². The second kappa shape index (κ2) is 9.44. The van der Waals surface area contributed by atoms with Gasteiger partial charge in [0, 0.05) is 18.7 Å². The summed E-state index contributed by atoms with van der Waals surface area (Å²) < 4.78 is 44.9. The van der Waals surface area contributed by atoms with Crippen LogP contribution in [0.25, 0.3) is 0 Å². The van der Waals surface area contributed by atoms with E-state index in [1.54, 1.807) is 12.1 Å². The number of halogens is 3. The number of anilines is 2. The Kier molecular flexibility index (Phi) is 6.94. The molecular formula is C21H22F3N3O2S. The predicted octanol–water partition coefficient (Wildman–Crippen LogP) is 4.23. The number of hydrogen-bond donors (Lipinski definition) is 2. The van der Waals surface area contributed by atoms with Crippen molar-refractivity contribution in [2.75, 3.05) is 36.5 Å². The minimum absolute atomic E-state index is 0.0756. The summed E-state index contributed by atoms with van der Waals surface area (Å²) in [4.78, 5) is 14.3. The third-order valence-corrected chi connectivity index (χ3v) is 4.98. The van der Waals surface area contributed by atoms with Gasteiger partial charge in [0.2, 0.25) is 0 Å². The molecule has 0 saturated carbocycles. The highest BCUT2D eigenvalue weighted by molar-refractivity contribution is 7.80. The Hall–Kier alpha value is -2.65. The minimum atomic E-state index is -4.49. The minimum Gasteiger partial charge on any atom is -0.378 e. The number of aryl methyl sites for hydroxylation is 1. The molecule has 2 N–H and O–H groups in total. The monoisotopic (exact) mass is 437 g/mol. The molecule has 1 amide bonds. The molecule has 30 heavy (non-hydrogen) atoms. The highest BCUT2D eigenvalue weighted by atomic mass is 32.1. The lowest BCUT2D eigenvalue weighted by Crippen LogP contribution is -2.38. The molecule has 0 spiro atoms. The van der Waals surface area contributed by atoms with E-state index < -0.39 is 17.6 Å². The summed E-state index contributed by atoms with van der Waals surface area (Å²) in [6, 6.07) is 10.5. The van der Waals surface area contributed by atoms with Crippen LogP contribution in [0.2, 0.25) is 0 Å². The normalized spacial score (nSPS) is 14.3. The quantitative estimate of drug-likeness (QED) is 0.702. The van der Waals surface area contributed by atoms with Crippen LogP contribution in [0.1, 0.15) is 28.4 Å². The fourth-order valence-corrected chi connectivity index (χ4v) is 3.32. The van der Waals surface area contributed by atoms with E-state index in [4.69, 9.17) is 17.0 Å². The van der Waals surface area contributed by atoms with Gasteiger partial charge in [-0.3, -0.25) is 10.1 Å². The van der Waals surface area contributed by atoms with Gasteiger partial charge in [0.25, 0.3) is 5.91 Å². The van der Waals surface area contributed by atoms with Crippen LogP contribution < -0.4 is 15.5 Å². The van der Waals surface area contributed by atoms with E-state index in [1.807, 2.05) is 24.0 Å². The van der Waals surface area contributed by atoms with Crippen molar-refractivity contribution in [2.45, 2.75) is 19.5 Å². The molecule has 1 saturated heterocycles. The van der Waals surface area contributed by atoms with E-state index in [1.165, 1.54) is 6.07 Å². The number of amides is 1. The van der Waals surface area contributed by atoms with Crippen LogP contribution >= 0.6 is 12.2 Å². The van der Waals surface area contributed by atoms with Gasteiger partial charge in [0.15, 0.2) is 5.11 Å². The van der Waals surface area contributed by atoms with E-state index in [0.717, 1.165) is 24.1 Å². The number of carbonyl (C=O) groups is 1. The summed E-state index contributed by atoms with van der Waals surface area (Å²) in [6.07, 6.45) is -3.65. The van der Waals surface area contributed by atoms with E-state index in [9.17, 15) is 18.0 Å². The maximum atomic E-state index is 13.2. The van der Waals surface area contributed by atoms with Crippen molar-refractivity contribution in [3.63, 3.8) is 0 Å². The lowest BCUT2D eigenvalue weighted by atomic mass is 10.1. The first kappa shape index (κ1) is 22.0. The zero-order valence-corrected chi connectivity index (χ0v) is 17.2. The first-order valence-corrected chi connectivity index (χ1v) is 9.94. The molecule has 1 heterocycles. The van der Waals surface area contributed by atoms with E-state index in [2.05, 4.69) is 10.6 Å². The van der Waals surface area contributed by atoms with Gasteiger partial charge in [-0.1, -0.05) is 19.1 Å². The first-order chi connectivity index (χ1) is 14.3. The molecule has 2 aromatic carbocycles. The van der Waals surface area contributed by atoms with Crippen LogP contribution in [0.15, 0.2) is 42.5 Å². The van der Waals surface area contributed by atoms with Gasteiger partial charge in [-0.2, -0.15) is 13.2 Å². The number of carbonyl (C=O) groups excluding carboxylic acids is 1. The van der Waals surface area contributed by atoms with Crippen LogP contribution in [0.5, 0.6) is 0 Å². The maximum Gasteiger partial charge on any atom is 0.416 e. The first-order valence-electron chi connectivity index (χ1n) is 9.53. The average Bonchev–Trinajstić information content (AvgIpc) is 2.73. The molecule has 0 radical (unpaired) electrons. The summed E-state index contributed by atoms with van der Waals surface area (Å²) in [6.45, 7) is 4.06. The zero-order chi connectivity index (χ0) is 21.7. The molecule has 1 aliphatic rings. The van der Waals surface area contributed by atoms with Gasteiger partial charge in [0.05, 0.1) is 30.2 Å². The molecule has 0 bridgehead atoms. The summed E-state index contributed by atoms with van der Waals surface area (Å²) in [5.41, 5.74) is 1.44. The number of thiocarbonyl (C=S) groups is 1. The second-order valence-electron chi connectivity index (χ2n) is 6.79. The molecule has 1 fully saturated rings. The molecule has 9 heteroatoms. The van der Waals surface area contributed by atoms with Crippen LogP contribution in [-0.2, 0) is 17.3 Å². The van der Waals surface area contributed by atoms with Crippen molar-refractivity contribution in [3.8, 4) is 0 Å². The largest absolute Gasteiger partial charge is 0.416 e. The lowest BCUT2D eigenvalue weighted by Gasteiger charge is -2.31. The second-order valence-corrected chi connectivity index (χ2v) is 7.20. The molecular weight excluding hydrogens is 415 g/mol. The van der Waals surface area contributed by atoms with Crippen LogP contribution in [-0.4, -0.2) is 37.3 Å². The Bertz CT molecular complexity index is 911. The van der Waals surface area contributed by atoms with Gasteiger partial charge in [-0.05, 0) is 54.5 Å². The fourth-order valence-electron chi connectivity index (χ4n) is 3.11. The van der Waals surface area contributed by atoms with Crippen LogP contribution in [0.3, 0.4) is 0 Å². The SMILES string of the molecule is CCc1ccc(C(=O)NC(=S)Nc2cc(C(F)(F)F)ccc2N2CCOCC2)cc1. The summed E-state index contributed by atoms with van der Waals surface area (Å²) >= 11 is 5.19. The van der Waals surface area contributed by atoms with Crippen molar-refractivity contribution in [1.82, 2.24) is 5.32 Å².